The van der Waals surface area contributed by atoms with Crippen molar-refractivity contribution in [3.8, 4) is 11.5 Å². The van der Waals surface area contributed by atoms with Crippen LogP contribution >= 0.6 is 0 Å². The first-order chi connectivity index (χ1) is 8.81. The van der Waals surface area contributed by atoms with E-state index in [9.17, 15) is 0 Å². The van der Waals surface area contributed by atoms with Gasteiger partial charge in [0, 0.05) is 7.05 Å². The van der Waals surface area contributed by atoms with Crippen LogP contribution in [0.15, 0.2) is 47.5 Å². The molecule has 18 heavy (non-hydrogen) atoms. The summed E-state index contributed by atoms with van der Waals surface area (Å²) in [5.41, 5.74) is 3.24. The van der Waals surface area contributed by atoms with Crippen molar-refractivity contribution in [2.45, 2.75) is 6.92 Å². The van der Waals surface area contributed by atoms with Crippen molar-refractivity contribution in [1.29, 1.82) is 0 Å². The third-order valence-electron chi connectivity index (χ3n) is 3.02. The van der Waals surface area contributed by atoms with Crippen molar-refractivity contribution < 1.29 is 4.74 Å². The number of anilines is 2. The number of fused-ring (bicyclic) bond motifs is 2. The molecule has 0 saturated carbocycles. The molecule has 1 aliphatic rings. The number of para-hydroxylation sites is 3. The van der Waals surface area contributed by atoms with E-state index in [0.29, 0.717) is 0 Å². The Morgan fingerprint density at radius 2 is 1.83 bits per heavy atom. The summed E-state index contributed by atoms with van der Waals surface area (Å²) in [6.45, 7) is 2.08. The summed E-state index contributed by atoms with van der Waals surface area (Å²) in [7, 11) is 1.77. The summed E-state index contributed by atoms with van der Waals surface area (Å²) >= 11 is 0. The zero-order chi connectivity index (χ0) is 12.5. The Morgan fingerprint density at radius 3 is 2.67 bits per heavy atom. The zero-order valence-corrected chi connectivity index (χ0v) is 10.4. The van der Waals surface area contributed by atoms with Crippen LogP contribution in [0, 0.1) is 6.92 Å². The standard InChI is InChI=1S/C15H14N2O/c1-11-6-5-9-14-15(11)17(10-16-2)12-7-3-4-8-13(12)18-14/h3-10H,1-2H3. The van der Waals surface area contributed by atoms with Crippen LogP contribution in [-0.4, -0.2) is 13.4 Å². The molecule has 0 bridgehead atoms. The average molecular weight is 238 g/mol. The van der Waals surface area contributed by atoms with Crippen LogP contribution in [0.4, 0.5) is 11.4 Å². The fourth-order valence-electron chi connectivity index (χ4n) is 2.24. The van der Waals surface area contributed by atoms with Gasteiger partial charge in [0.05, 0.1) is 17.7 Å². The molecule has 0 amide bonds. The second-order valence-corrected chi connectivity index (χ2v) is 4.24. The number of aliphatic imine (C=N–C) groups is 1. The Bertz CT molecular complexity index is 620. The average Bonchev–Trinajstić information content (AvgIpc) is 2.39. The molecule has 3 heteroatoms. The van der Waals surface area contributed by atoms with E-state index in [1.807, 2.05) is 42.7 Å². The Kier molecular flexibility index (Phi) is 2.52. The molecule has 3 rings (SSSR count). The van der Waals surface area contributed by atoms with E-state index >= 15 is 0 Å². The van der Waals surface area contributed by atoms with Gasteiger partial charge < -0.3 is 4.74 Å². The number of ether oxygens (including phenoxy) is 1. The molecular formula is C15H14N2O. The van der Waals surface area contributed by atoms with E-state index < -0.39 is 0 Å². The highest BCUT2D eigenvalue weighted by Crippen LogP contribution is 2.46. The number of rotatable bonds is 1. The Morgan fingerprint density at radius 1 is 1.06 bits per heavy atom. The van der Waals surface area contributed by atoms with Crippen LogP contribution in [0.3, 0.4) is 0 Å². The first-order valence-electron chi connectivity index (χ1n) is 5.89. The topological polar surface area (TPSA) is 24.8 Å². The minimum atomic E-state index is 0.857. The van der Waals surface area contributed by atoms with Crippen molar-refractivity contribution >= 4 is 17.7 Å². The summed E-state index contributed by atoms with van der Waals surface area (Å²) in [6, 6.07) is 14.0. The third kappa shape index (κ3) is 1.56. The summed E-state index contributed by atoms with van der Waals surface area (Å²) in [4.78, 5) is 6.22. The molecule has 0 aromatic heterocycles. The predicted octanol–water partition coefficient (Wildman–Crippen LogP) is 3.90. The van der Waals surface area contributed by atoms with E-state index in [0.717, 1.165) is 22.9 Å². The Balaban J connectivity index is 2.25. The lowest BCUT2D eigenvalue weighted by molar-refractivity contribution is 0.477. The highest BCUT2D eigenvalue weighted by Gasteiger charge is 2.24. The summed E-state index contributed by atoms with van der Waals surface area (Å²) in [6.07, 6.45) is 1.83. The minimum absolute atomic E-state index is 0.857. The first kappa shape index (κ1) is 10.8. The maximum atomic E-state index is 5.93. The van der Waals surface area contributed by atoms with Gasteiger partial charge in [-0.15, -0.1) is 0 Å². The van der Waals surface area contributed by atoms with Crippen molar-refractivity contribution in [2.75, 3.05) is 11.9 Å². The molecule has 0 aliphatic carbocycles. The lowest BCUT2D eigenvalue weighted by Crippen LogP contribution is -2.20. The van der Waals surface area contributed by atoms with E-state index in [-0.39, 0.29) is 0 Å². The molecule has 2 aromatic rings. The van der Waals surface area contributed by atoms with Crippen molar-refractivity contribution in [3.05, 3.63) is 48.0 Å². The van der Waals surface area contributed by atoms with Crippen LogP contribution in [0.2, 0.25) is 0 Å². The molecule has 1 heterocycles. The Hall–Kier alpha value is -2.29. The molecule has 1 aliphatic heterocycles. The Labute approximate surface area is 106 Å². The molecule has 0 spiro atoms. The van der Waals surface area contributed by atoms with Gasteiger partial charge in [-0.1, -0.05) is 24.3 Å². The van der Waals surface area contributed by atoms with Gasteiger partial charge in [-0.05, 0) is 30.7 Å². The number of aryl methyl sites for hydroxylation is 1. The third-order valence-corrected chi connectivity index (χ3v) is 3.02. The maximum absolute atomic E-state index is 5.93. The van der Waals surface area contributed by atoms with Gasteiger partial charge in [0.1, 0.15) is 0 Å². The number of benzene rings is 2. The van der Waals surface area contributed by atoms with Gasteiger partial charge >= 0.3 is 0 Å². The highest BCUT2D eigenvalue weighted by molar-refractivity contribution is 5.96. The van der Waals surface area contributed by atoms with Gasteiger partial charge in [0.25, 0.3) is 0 Å². The van der Waals surface area contributed by atoms with Crippen molar-refractivity contribution in [1.82, 2.24) is 0 Å². The lowest BCUT2D eigenvalue weighted by atomic mass is 10.1. The monoisotopic (exact) mass is 238 g/mol. The predicted molar refractivity (Wildman–Crippen MR) is 74.3 cm³/mol. The second kappa shape index (κ2) is 4.18. The summed E-state index contributed by atoms with van der Waals surface area (Å²) < 4.78 is 5.93. The summed E-state index contributed by atoms with van der Waals surface area (Å²) in [5, 5.41) is 0. The maximum Gasteiger partial charge on any atom is 0.151 e. The molecule has 3 nitrogen and oxygen atoms in total. The van der Waals surface area contributed by atoms with E-state index in [1.54, 1.807) is 7.05 Å². The quantitative estimate of drug-likeness (QED) is 0.556. The first-order valence-corrected chi connectivity index (χ1v) is 5.89. The molecule has 0 saturated heterocycles. The van der Waals surface area contributed by atoms with Crippen molar-refractivity contribution in [2.24, 2.45) is 4.99 Å². The fraction of sp³-hybridized carbons (Fsp3) is 0.133. The number of hydrogen-bond acceptors (Lipinski definition) is 2. The molecular weight excluding hydrogens is 224 g/mol. The fourth-order valence-corrected chi connectivity index (χ4v) is 2.24. The molecule has 2 aromatic carbocycles. The van der Waals surface area contributed by atoms with Crippen molar-refractivity contribution in [3.63, 3.8) is 0 Å². The zero-order valence-electron chi connectivity index (χ0n) is 10.4. The van der Waals surface area contributed by atoms with Gasteiger partial charge in [-0.3, -0.25) is 9.89 Å². The molecule has 0 fully saturated rings. The minimum Gasteiger partial charge on any atom is -0.453 e. The second-order valence-electron chi connectivity index (χ2n) is 4.24. The van der Waals surface area contributed by atoms with Crippen LogP contribution in [0.25, 0.3) is 0 Å². The SMILES string of the molecule is CN=CN1c2ccccc2Oc2cccc(C)c21. The smallest absolute Gasteiger partial charge is 0.151 e. The lowest BCUT2D eigenvalue weighted by Gasteiger charge is -2.30. The van der Waals surface area contributed by atoms with Gasteiger partial charge in [-0.25, -0.2) is 0 Å². The molecule has 90 valence electrons. The largest absolute Gasteiger partial charge is 0.453 e. The van der Waals surface area contributed by atoms with E-state index in [4.69, 9.17) is 4.74 Å². The van der Waals surface area contributed by atoms with E-state index in [1.165, 1.54) is 5.56 Å². The van der Waals surface area contributed by atoms with Gasteiger partial charge in [0.2, 0.25) is 0 Å². The molecule has 0 N–H and O–H groups in total. The number of hydrogen-bond donors (Lipinski definition) is 0. The highest BCUT2D eigenvalue weighted by atomic mass is 16.5. The van der Waals surface area contributed by atoms with Crippen LogP contribution < -0.4 is 9.64 Å². The molecule has 0 atom stereocenters. The summed E-state index contributed by atoms with van der Waals surface area (Å²) in [5.74, 6) is 1.73. The van der Waals surface area contributed by atoms with Crippen LogP contribution in [-0.2, 0) is 0 Å². The molecule has 0 unspecified atom stereocenters. The normalized spacial score (nSPS) is 13.1. The van der Waals surface area contributed by atoms with Crippen LogP contribution in [0.5, 0.6) is 11.5 Å². The number of nitrogens with zero attached hydrogens (tertiary/aromatic N) is 2. The molecule has 0 radical (unpaired) electrons. The van der Waals surface area contributed by atoms with Gasteiger partial charge in [0.15, 0.2) is 11.5 Å². The van der Waals surface area contributed by atoms with E-state index in [2.05, 4.69) is 22.9 Å². The van der Waals surface area contributed by atoms with Gasteiger partial charge in [-0.2, -0.15) is 0 Å². The van der Waals surface area contributed by atoms with Crippen LogP contribution in [0.1, 0.15) is 5.56 Å².